The summed E-state index contributed by atoms with van der Waals surface area (Å²) >= 11 is 0. The highest BCUT2D eigenvalue weighted by Crippen LogP contribution is 2.50. The molecule has 3 nitrogen and oxygen atoms in total. The second-order valence-corrected chi connectivity index (χ2v) is 13.3. The first-order valence-corrected chi connectivity index (χ1v) is 17.3. The smallest absolute Gasteiger partial charge is 0.119 e. The molecule has 1 heterocycles. The number of quaternary nitrogens is 1. The van der Waals surface area contributed by atoms with Gasteiger partial charge in [-0.2, -0.15) is 0 Å². The molecule has 1 aliphatic rings. The molecule has 0 saturated carbocycles. The van der Waals surface area contributed by atoms with E-state index in [1.54, 1.807) is 14.2 Å². The molecule has 0 aromatic heterocycles. The summed E-state index contributed by atoms with van der Waals surface area (Å²) < 4.78 is 12.6. The molecule has 0 unspecified atom stereocenters. The Kier molecular flexibility index (Phi) is 10.2. The van der Waals surface area contributed by atoms with Crippen molar-refractivity contribution in [3.63, 3.8) is 0 Å². The molecular weight excluding hydrogens is 654 g/mol. The van der Waals surface area contributed by atoms with Crippen LogP contribution in [0.4, 0.5) is 0 Å². The number of fused-ring (bicyclic) bond motifs is 7. The fourth-order valence-corrected chi connectivity index (χ4v) is 7.92. The number of unbranched alkanes of at least 4 members (excludes halogenated alkanes) is 2. The van der Waals surface area contributed by atoms with Gasteiger partial charge in [0.2, 0.25) is 0 Å². The van der Waals surface area contributed by atoms with Crippen LogP contribution in [0.5, 0.6) is 11.5 Å². The molecular formula is C44H46BrNO2. The molecule has 48 heavy (non-hydrogen) atoms. The second kappa shape index (κ2) is 14.6. The largest absolute Gasteiger partial charge is 1.00 e. The third-order valence-corrected chi connectivity index (χ3v) is 10.3. The molecule has 6 aromatic rings. The minimum atomic E-state index is 0. The summed E-state index contributed by atoms with van der Waals surface area (Å²) in [5, 5.41) is 5.20. The van der Waals surface area contributed by atoms with E-state index in [4.69, 9.17) is 9.47 Å². The van der Waals surface area contributed by atoms with Crippen LogP contribution < -0.4 is 26.5 Å². The van der Waals surface area contributed by atoms with Crippen molar-refractivity contribution >= 4 is 21.5 Å². The number of hydrogen-bond acceptors (Lipinski definition) is 2. The Hall–Kier alpha value is -4.12. The van der Waals surface area contributed by atoms with E-state index in [2.05, 4.69) is 123 Å². The minimum absolute atomic E-state index is 0. The highest BCUT2D eigenvalue weighted by molar-refractivity contribution is 6.12. The fraction of sp³-hybridized carbons (Fsp3) is 0.273. The maximum absolute atomic E-state index is 5.76. The Labute approximate surface area is 296 Å². The Balaban J connectivity index is 0.00000401. The maximum atomic E-state index is 5.76. The molecule has 0 atom stereocenters. The maximum Gasteiger partial charge on any atom is 0.119 e. The van der Waals surface area contributed by atoms with Crippen molar-refractivity contribution in [3.8, 4) is 44.9 Å². The zero-order valence-electron chi connectivity index (χ0n) is 28.7. The van der Waals surface area contributed by atoms with Crippen molar-refractivity contribution in [2.45, 2.75) is 52.6 Å². The molecule has 0 fully saturated rings. The molecule has 4 heteroatoms. The van der Waals surface area contributed by atoms with Crippen LogP contribution in [0.1, 0.15) is 50.7 Å². The zero-order chi connectivity index (χ0) is 32.4. The summed E-state index contributed by atoms with van der Waals surface area (Å²) in [6.07, 6.45) is 4.79. The Morgan fingerprint density at radius 3 is 1.40 bits per heavy atom. The normalized spacial score (nSPS) is 13.3. The van der Waals surface area contributed by atoms with E-state index in [-0.39, 0.29) is 17.0 Å². The first-order valence-electron chi connectivity index (χ1n) is 17.3. The van der Waals surface area contributed by atoms with Crippen LogP contribution in [0.3, 0.4) is 0 Å². The van der Waals surface area contributed by atoms with Crippen LogP contribution in [-0.2, 0) is 13.1 Å². The van der Waals surface area contributed by atoms with Gasteiger partial charge in [0.1, 0.15) is 24.6 Å². The van der Waals surface area contributed by atoms with Gasteiger partial charge in [0.25, 0.3) is 0 Å². The summed E-state index contributed by atoms with van der Waals surface area (Å²) in [5.74, 6) is 1.78. The first-order chi connectivity index (χ1) is 23.1. The van der Waals surface area contributed by atoms with Crippen molar-refractivity contribution < 1.29 is 30.9 Å². The molecule has 0 amide bonds. The third kappa shape index (κ3) is 6.24. The SMILES string of the molecule is CCCC[N+]1(CCCC)Cc2c(-c3cccc(OC)c3)cc3ccccc3c2-c2c(c(-c3cccc(OC)c3)cc3ccccc23)C1.[Br-]. The zero-order valence-corrected chi connectivity index (χ0v) is 30.3. The van der Waals surface area contributed by atoms with Gasteiger partial charge in [0.15, 0.2) is 0 Å². The van der Waals surface area contributed by atoms with E-state index in [0.29, 0.717) is 0 Å². The van der Waals surface area contributed by atoms with Gasteiger partial charge in [0, 0.05) is 22.3 Å². The van der Waals surface area contributed by atoms with E-state index in [1.807, 2.05) is 0 Å². The molecule has 246 valence electrons. The second-order valence-electron chi connectivity index (χ2n) is 13.3. The standard InChI is InChI=1S/C44H46NO2.BrH/c1-5-7-23-45(24-8-6-2)29-41-39(31-17-13-19-35(25-31)46-3)27-33-15-9-11-21-37(33)43(41)44-38-22-12-10-16-34(38)28-40(42(44)30-45)32-18-14-20-36(26-32)47-4;/h9-22,25-28H,5-8,23-24,29-30H2,1-4H3;1H/q+1;/p-1. The van der Waals surface area contributed by atoms with Gasteiger partial charge < -0.3 is 30.9 Å². The number of nitrogens with zero attached hydrogens (tertiary/aromatic N) is 1. The van der Waals surface area contributed by atoms with Gasteiger partial charge in [-0.25, -0.2) is 0 Å². The summed E-state index contributed by atoms with van der Waals surface area (Å²) in [6, 6.07) is 40.2. The number of ether oxygens (including phenoxy) is 2. The van der Waals surface area contributed by atoms with E-state index in [9.17, 15) is 0 Å². The lowest BCUT2D eigenvalue weighted by atomic mass is 9.82. The quantitative estimate of drug-likeness (QED) is 0.134. The van der Waals surface area contributed by atoms with Crippen molar-refractivity contribution in [2.75, 3.05) is 27.3 Å². The number of benzene rings is 6. The van der Waals surface area contributed by atoms with Gasteiger partial charge in [-0.3, -0.25) is 0 Å². The van der Waals surface area contributed by atoms with Crippen LogP contribution in [-0.4, -0.2) is 31.8 Å². The molecule has 0 saturated heterocycles. The average Bonchev–Trinajstić information content (AvgIpc) is 3.28. The highest BCUT2D eigenvalue weighted by Gasteiger charge is 2.37. The van der Waals surface area contributed by atoms with Gasteiger partial charge in [-0.05, 0) is 93.0 Å². The number of rotatable bonds is 10. The lowest BCUT2D eigenvalue weighted by Crippen LogP contribution is -3.00. The molecule has 0 N–H and O–H groups in total. The molecule has 7 rings (SSSR count). The van der Waals surface area contributed by atoms with E-state index < -0.39 is 0 Å². The molecule has 6 aromatic carbocycles. The summed E-state index contributed by atoms with van der Waals surface area (Å²) in [6.45, 7) is 8.97. The predicted molar refractivity (Wildman–Crippen MR) is 198 cm³/mol. The lowest BCUT2D eigenvalue weighted by Gasteiger charge is -2.39. The molecule has 0 radical (unpaired) electrons. The fourth-order valence-electron chi connectivity index (χ4n) is 7.92. The van der Waals surface area contributed by atoms with Crippen molar-refractivity contribution in [1.82, 2.24) is 0 Å². The van der Waals surface area contributed by atoms with Crippen molar-refractivity contribution in [3.05, 3.63) is 120 Å². The topological polar surface area (TPSA) is 18.5 Å². The van der Waals surface area contributed by atoms with Gasteiger partial charge >= 0.3 is 0 Å². The van der Waals surface area contributed by atoms with E-state index in [0.717, 1.165) is 42.2 Å². The number of halogens is 1. The number of hydrogen-bond donors (Lipinski definition) is 0. The van der Waals surface area contributed by atoms with Crippen molar-refractivity contribution in [2.24, 2.45) is 0 Å². The van der Waals surface area contributed by atoms with E-state index >= 15 is 0 Å². The van der Waals surface area contributed by atoms with Gasteiger partial charge in [0.05, 0.1) is 27.3 Å². The van der Waals surface area contributed by atoms with Crippen LogP contribution >= 0.6 is 0 Å². The predicted octanol–water partition coefficient (Wildman–Crippen LogP) is 8.45. The number of methoxy groups -OCH3 is 2. The lowest BCUT2D eigenvalue weighted by molar-refractivity contribution is -0.953. The molecule has 0 bridgehead atoms. The Morgan fingerprint density at radius 2 is 0.979 bits per heavy atom. The Bertz CT molecular complexity index is 1920. The van der Waals surface area contributed by atoms with Crippen LogP contribution in [0, 0.1) is 0 Å². The summed E-state index contributed by atoms with van der Waals surface area (Å²) in [4.78, 5) is 0. The monoisotopic (exact) mass is 699 g/mol. The minimum Gasteiger partial charge on any atom is -1.00 e. The molecule has 0 spiro atoms. The Morgan fingerprint density at radius 1 is 0.542 bits per heavy atom. The van der Waals surface area contributed by atoms with Gasteiger partial charge in [-0.15, -0.1) is 0 Å². The molecule has 1 aliphatic heterocycles. The third-order valence-electron chi connectivity index (χ3n) is 10.3. The first kappa shape index (κ1) is 33.8. The van der Waals surface area contributed by atoms with E-state index in [1.165, 1.54) is 91.7 Å². The van der Waals surface area contributed by atoms with Gasteiger partial charge in [-0.1, -0.05) is 99.5 Å². The van der Waals surface area contributed by atoms with Crippen molar-refractivity contribution in [1.29, 1.82) is 0 Å². The highest BCUT2D eigenvalue weighted by atomic mass is 79.9. The summed E-state index contributed by atoms with van der Waals surface area (Å²) in [5.41, 5.74) is 10.8. The molecule has 0 aliphatic carbocycles. The van der Waals surface area contributed by atoms with Crippen LogP contribution in [0.2, 0.25) is 0 Å². The average molecular weight is 701 g/mol. The summed E-state index contributed by atoms with van der Waals surface area (Å²) in [7, 11) is 3.53. The van der Waals surface area contributed by atoms with Crippen LogP contribution in [0.25, 0.3) is 54.9 Å². The van der Waals surface area contributed by atoms with Crippen LogP contribution in [0.15, 0.2) is 109 Å².